The maximum absolute atomic E-state index is 13.8. The first kappa shape index (κ1) is 23.4. The molecule has 0 aliphatic carbocycles. The molecular weight excluding hydrogens is 474 g/mol. The second-order valence-corrected chi connectivity index (χ2v) is 6.98. The Kier molecular flexibility index (Phi) is 6.18. The number of urea groups is 1. The third-order valence-electron chi connectivity index (χ3n) is 4.63. The number of anilines is 2. The lowest BCUT2D eigenvalue weighted by atomic mass is 10.1. The molecule has 0 atom stereocenters. The standard InChI is InChI=1S/C21H15F4N7O3/c1-26-20(34)35-16-7-14(29-18-12(16)9-28-32-18)10-2-5-17(27-8-10)31-19(33)30-15-6-11(21(23,24)25)3-4-13(15)22/h2-9H,1H3,(H,26,34)(H,28,29,32)(H2,27,30,31,33). The Morgan fingerprint density at radius 1 is 1.06 bits per heavy atom. The number of hydrogen-bond donors (Lipinski definition) is 4. The summed E-state index contributed by atoms with van der Waals surface area (Å²) < 4.78 is 57.6. The summed E-state index contributed by atoms with van der Waals surface area (Å²) in [6, 6.07) is 5.11. The van der Waals surface area contributed by atoms with Crippen molar-refractivity contribution >= 4 is 34.7 Å². The number of hydrogen-bond acceptors (Lipinski definition) is 6. The fourth-order valence-electron chi connectivity index (χ4n) is 2.97. The summed E-state index contributed by atoms with van der Waals surface area (Å²) in [6.45, 7) is 0. The maximum atomic E-state index is 13.8. The quantitative estimate of drug-likeness (QED) is 0.311. The van der Waals surface area contributed by atoms with Gasteiger partial charge in [0, 0.05) is 24.9 Å². The number of rotatable bonds is 4. The number of halogens is 4. The number of aromatic nitrogens is 4. The highest BCUT2D eigenvalue weighted by Crippen LogP contribution is 2.32. The van der Waals surface area contributed by atoms with Gasteiger partial charge in [-0.15, -0.1) is 0 Å². The number of benzene rings is 1. The van der Waals surface area contributed by atoms with Crippen molar-refractivity contribution in [2.24, 2.45) is 0 Å². The Morgan fingerprint density at radius 2 is 1.86 bits per heavy atom. The molecule has 0 aliphatic rings. The first-order chi connectivity index (χ1) is 16.6. The van der Waals surface area contributed by atoms with Crippen molar-refractivity contribution in [3.8, 4) is 17.0 Å². The van der Waals surface area contributed by atoms with Crippen LogP contribution < -0.4 is 20.7 Å². The van der Waals surface area contributed by atoms with Gasteiger partial charge in [-0.05, 0) is 30.3 Å². The van der Waals surface area contributed by atoms with Crippen molar-refractivity contribution < 1.29 is 31.9 Å². The van der Waals surface area contributed by atoms with Crippen LogP contribution in [0.5, 0.6) is 5.75 Å². The average molecular weight is 489 g/mol. The summed E-state index contributed by atoms with van der Waals surface area (Å²) in [7, 11) is 1.41. The van der Waals surface area contributed by atoms with Gasteiger partial charge >= 0.3 is 18.3 Å². The van der Waals surface area contributed by atoms with Gasteiger partial charge in [-0.25, -0.2) is 23.9 Å². The van der Waals surface area contributed by atoms with Crippen LogP contribution in [0.1, 0.15) is 5.56 Å². The smallest absolute Gasteiger partial charge is 0.409 e. The highest BCUT2D eigenvalue weighted by Gasteiger charge is 2.31. The summed E-state index contributed by atoms with van der Waals surface area (Å²) in [6.07, 6.45) is -2.59. The number of amides is 3. The van der Waals surface area contributed by atoms with E-state index in [1.165, 1.54) is 31.6 Å². The zero-order valence-corrected chi connectivity index (χ0v) is 17.7. The van der Waals surface area contributed by atoms with Gasteiger partial charge in [0.1, 0.15) is 17.4 Å². The van der Waals surface area contributed by atoms with E-state index in [0.717, 1.165) is 0 Å². The van der Waals surface area contributed by atoms with E-state index in [-0.39, 0.29) is 11.6 Å². The summed E-state index contributed by atoms with van der Waals surface area (Å²) >= 11 is 0. The Bertz CT molecular complexity index is 1400. The van der Waals surface area contributed by atoms with E-state index in [1.807, 2.05) is 5.32 Å². The molecule has 180 valence electrons. The average Bonchev–Trinajstić information content (AvgIpc) is 3.29. The topological polar surface area (TPSA) is 134 Å². The molecule has 4 N–H and O–H groups in total. The molecule has 1 aromatic carbocycles. The van der Waals surface area contributed by atoms with Crippen molar-refractivity contribution in [3.63, 3.8) is 0 Å². The Hall–Kier alpha value is -4.75. The van der Waals surface area contributed by atoms with Crippen LogP contribution in [0, 0.1) is 5.82 Å². The SMILES string of the molecule is CNC(=O)Oc1cc(-c2ccc(NC(=O)Nc3cc(C(F)(F)F)ccc3F)nc2)nc2[nH]ncc12. The summed E-state index contributed by atoms with van der Waals surface area (Å²) in [5, 5.41) is 13.7. The highest BCUT2D eigenvalue weighted by atomic mass is 19.4. The van der Waals surface area contributed by atoms with Crippen LogP contribution in [0.25, 0.3) is 22.3 Å². The molecule has 0 saturated heterocycles. The van der Waals surface area contributed by atoms with E-state index in [2.05, 4.69) is 30.8 Å². The third-order valence-corrected chi connectivity index (χ3v) is 4.63. The minimum Gasteiger partial charge on any atom is -0.409 e. The molecule has 10 nitrogen and oxygen atoms in total. The third kappa shape index (κ3) is 5.26. The molecule has 35 heavy (non-hydrogen) atoms. The molecule has 0 unspecified atom stereocenters. The van der Waals surface area contributed by atoms with E-state index >= 15 is 0 Å². The number of ether oxygens (including phenoxy) is 1. The number of pyridine rings is 2. The predicted molar refractivity (Wildman–Crippen MR) is 116 cm³/mol. The number of aromatic amines is 1. The molecule has 0 bridgehead atoms. The monoisotopic (exact) mass is 489 g/mol. The van der Waals surface area contributed by atoms with Crippen LogP contribution in [0.2, 0.25) is 0 Å². The zero-order valence-electron chi connectivity index (χ0n) is 17.7. The highest BCUT2D eigenvalue weighted by molar-refractivity contribution is 5.99. The number of nitrogens with zero attached hydrogens (tertiary/aromatic N) is 3. The van der Waals surface area contributed by atoms with E-state index in [4.69, 9.17) is 4.74 Å². The molecule has 3 aromatic heterocycles. The normalized spacial score (nSPS) is 11.2. The van der Waals surface area contributed by atoms with Gasteiger partial charge in [0.25, 0.3) is 0 Å². The summed E-state index contributed by atoms with van der Waals surface area (Å²) in [5.74, 6) is -0.808. The molecule has 14 heteroatoms. The fourth-order valence-corrected chi connectivity index (χ4v) is 2.97. The minimum absolute atomic E-state index is 0.0306. The second kappa shape index (κ2) is 9.24. The van der Waals surface area contributed by atoms with E-state index < -0.39 is 35.4 Å². The van der Waals surface area contributed by atoms with Gasteiger partial charge in [0.2, 0.25) is 0 Å². The predicted octanol–water partition coefficient (Wildman–Crippen LogP) is 4.54. The van der Waals surface area contributed by atoms with Crippen LogP contribution in [0.3, 0.4) is 0 Å². The van der Waals surface area contributed by atoms with Gasteiger partial charge in [-0.3, -0.25) is 10.4 Å². The number of fused-ring (bicyclic) bond motifs is 1. The van der Waals surface area contributed by atoms with Crippen LogP contribution in [-0.4, -0.2) is 39.3 Å². The van der Waals surface area contributed by atoms with E-state index in [9.17, 15) is 27.2 Å². The lowest BCUT2D eigenvalue weighted by Crippen LogP contribution is -2.22. The lowest BCUT2D eigenvalue weighted by molar-refractivity contribution is -0.137. The van der Waals surface area contributed by atoms with Crippen molar-refractivity contribution in [2.45, 2.75) is 6.18 Å². The van der Waals surface area contributed by atoms with Crippen LogP contribution >= 0.6 is 0 Å². The van der Waals surface area contributed by atoms with Gasteiger partial charge < -0.3 is 15.4 Å². The van der Waals surface area contributed by atoms with Crippen molar-refractivity contribution in [1.29, 1.82) is 0 Å². The van der Waals surface area contributed by atoms with Crippen molar-refractivity contribution in [3.05, 3.63) is 60.2 Å². The number of H-pyrrole nitrogens is 1. The Morgan fingerprint density at radius 3 is 2.54 bits per heavy atom. The molecule has 3 heterocycles. The van der Waals surface area contributed by atoms with Crippen molar-refractivity contribution in [1.82, 2.24) is 25.5 Å². The van der Waals surface area contributed by atoms with Gasteiger partial charge in [0.15, 0.2) is 5.65 Å². The molecule has 4 aromatic rings. The van der Waals surface area contributed by atoms with E-state index in [0.29, 0.717) is 40.5 Å². The Balaban J connectivity index is 1.51. The molecule has 0 aliphatic heterocycles. The molecule has 4 rings (SSSR count). The van der Waals surface area contributed by atoms with Gasteiger partial charge in [-0.1, -0.05) is 0 Å². The molecule has 0 saturated carbocycles. The number of alkyl halides is 3. The summed E-state index contributed by atoms with van der Waals surface area (Å²) in [5.41, 5.74) is -0.549. The van der Waals surface area contributed by atoms with Gasteiger partial charge in [-0.2, -0.15) is 18.3 Å². The molecule has 0 radical (unpaired) electrons. The zero-order chi connectivity index (χ0) is 25.2. The number of nitrogens with one attached hydrogen (secondary N) is 4. The molecule has 0 fully saturated rings. The number of carbonyl (C=O) groups excluding carboxylic acids is 2. The number of carbonyl (C=O) groups is 2. The largest absolute Gasteiger partial charge is 0.416 e. The van der Waals surface area contributed by atoms with Crippen LogP contribution in [0.4, 0.5) is 38.7 Å². The lowest BCUT2D eigenvalue weighted by Gasteiger charge is -2.12. The molecule has 3 amide bonds. The van der Waals surface area contributed by atoms with Crippen LogP contribution in [0.15, 0.2) is 48.8 Å². The Labute approximate surface area is 193 Å². The molecular formula is C21H15F4N7O3. The maximum Gasteiger partial charge on any atom is 0.416 e. The molecule has 0 spiro atoms. The van der Waals surface area contributed by atoms with Gasteiger partial charge in [0.05, 0.1) is 28.5 Å². The summed E-state index contributed by atoms with van der Waals surface area (Å²) in [4.78, 5) is 32.2. The first-order valence-corrected chi connectivity index (χ1v) is 9.79. The first-order valence-electron chi connectivity index (χ1n) is 9.79. The van der Waals surface area contributed by atoms with E-state index in [1.54, 1.807) is 6.07 Å². The fraction of sp³-hybridized carbons (Fsp3) is 0.0952. The van der Waals surface area contributed by atoms with Crippen molar-refractivity contribution in [2.75, 3.05) is 17.7 Å². The van der Waals surface area contributed by atoms with Crippen LogP contribution in [-0.2, 0) is 6.18 Å². The minimum atomic E-state index is -4.70. The second-order valence-electron chi connectivity index (χ2n) is 6.98.